The summed E-state index contributed by atoms with van der Waals surface area (Å²) < 4.78 is 8.32. The molecule has 0 bridgehead atoms. The first-order valence-corrected chi connectivity index (χ1v) is 23.3. The molecule has 0 atom stereocenters. The number of benzene rings is 4. The van der Waals surface area contributed by atoms with Crippen molar-refractivity contribution >= 4 is 72.1 Å². The lowest BCUT2D eigenvalue weighted by molar-refractivity contribution is 0.281. The molecule has 2 aliphatic carbocycles. The first kappa shape index (κ1) is 44.7. The highest BCUT2D eigenvalue weighted by molar-refractivity contribution is 9.10. The molecule has 4 aromatic carbocycles. The third-order valence-corrected chi connectivity index (χ3v) is 13.4. The molecule has 0 spiro atoms. The number of nitrogens with zero attached hydrogens (tertiary/aromatic N) is 8. The minimum Gasteiger partial charge on any atom is -0.423 e. The fraction of sp³-hybridized carbons (Fsp3) is 0.192. The van der Waals surface area contributed by atoms with Gasteiger partial charge in [0.05, 0.1) is 72.2 Å². The molecule has 0 aliphatic heterocycles. The maximum absolute atomic E-state index is 13.4. The Labute approximate surface area is 398 Å². The molecular formula is C52H46BBrN8O6. The van der Waals surface area contributed by atoms with Crippen molar-refractivity contribution in [2.75, 3.05) is 0 Å². The van der Waals surface area contributed by atoms with Gasteiger partial charge in [0, 0.05) is 57.7 Å². The number of rotatable bonds is 10. The van der Waals surface area contributed by atoms with Crippen molar-refractivity contribution in [2.45, 2.75) is 64.1 Å². The van der Waals surface area contributed by atoms with Gasteiger partial charge >= 0.3 is 18.5 Å². The van der Waals surface area contributed by atoms with E-state index in [9.17, 15) is 14.7 Å². The largest absolute Gasteiger partial charge is 0.488 e. The highest BCUT2D eigenvalue weighted by Crippen LogP contribution is 2.38. The SMILES string of the molecule is O=c1n(Cc2ncc3ccccc3c2-c2cccc(CO)c2)c2cnccc2n1C1CC1.O=c1n(Cc2ncc3ccccc3c2Br)c2cnccc2n1C1CC1.OCc1cccc(B(O)O)c1. The van der Waals surface area contributed by atoms with Crippen LogP contribution >= 0.6 is 15.9 Å². The van der Waals surface area contributed by atoms with Crippen LogP contribution in [0.1, 0.15) is 60.3 Å². The van der Waals surface area contributed by atoms with E-state index in [1.54, 1.807) is 58.2 Å². The van der Waals surface area contributed by atoms with Gasteiger partial charge in [-0.25, -0.2) is 9.59 Å². The Bertz CT molecular complexity index is 3600. The second kappa shape index (κ2) is 19.3. The molecule has 4 N–H and O–H groups in total. The van der Waals surface area contributed by atoms with Crippen LogP contribution in [-0.4, -0.2) is 65.6 Å². The number of fused-ring (bicyclic) bond motifs is 4. The lowest BCUT2D eigenvalue weighted by Crippen LogP contribution is -2.29. The second-order valence-electron chi connectivity index (χ2n) is 17.1. The maximum atomic E-state index is 13.4. The topological polar surface area (TPSA) is 186 Å². The molecule has 14 nitrogen and oxygen atoms in total. The lowest BCUT2D eigenvalue weighted by atomic mass is 9.80. The Morgan fingerprint density at radius 1 is 0.574 bits per heavy atom. The molecule has 16 heteroatoms. The maximum Gasteiger partial charge on any atom is 0.488 e. The molecule has 0 amide bonds. The molecule has 10 aromatic rings. The van der Waals surface area contributed by atoms with Gasteiger partial charge in [0.15, 0.2) is 0 Å². The van der Waals surface area contributed by atoms with E-state index in [-0.39, 0.29) is 30.6 Å². The van der Waals surface area contributed by atoms with Crippen LogP contribution in [0.15, 0.2) is 160 Å². The fourth-order valence-corrected chi connectivity index (χ4v) is 9.42. The summed E-state index contributed by atoms with van der Waals surface area (Å²) in [5, 5.41) is 40.1. The summed E-state index contributed by atoms with van der Waals surface area (Å²) >= 11 is 3.68. The van der Waals surface area contributed by atoms with E-state index >= 15 is 0 Å². The average Bonchev–Trinajstić information content (AvgIpc) is 4.34. The van der Waals surface area contributed by atoms with Crippen LogP contribution in [0, 0.1) is 0 Å². The molecule has 0 saturated heterocycles. The van der Waals surface area contributed by atoms with E-state index in [2.05, 4.69) is 43.0 Å². The number of pyridine rings is 4. The Kier molecular flexibility index (Phi) is 12.7. The third-order valence-electron chi connectivity index (χ3n) is 12.5. The average molecular weight is 970 g/mol. The number of aliphatic hydroxyl groups is 2. The van der Waals surface area contributed by atoms with E-state index in [0.29, 0.717) is 30.2 Å². The van der Waals surface area contributed by atoms with E-state index in [4.69, 9.17) is 20.1 Å². The van der Waals surface area contributed by atoms with Crippen LogP contribution in [0.3, 0.4) is 0 Å². The van der Waals surface area contributed by atoms with Crippen LogP contribution in [-0.2, 0) is 26.3 Å². The number of hydrogen-bond donors (Lipinski definition) is 4. The smallest absolute Gasteiger partial charge is 0.423 e. The number of imidazole rings is 2. The zero-order chi connectivity index (χ0) is 46.9. The molecule has 6 heterocycles. The van der Waals surface area contributed by atoms with Crippen molar-refractivity contribution in [2.24, 2.45) is 0 Å². The summed E-state index contributed by atoms with van der Waals surface area (Å²) in [6.45, 7) is 0.665. The predicted octanol–water partition coefficient (Wildman–Crippen LogP) is 7.04. The minimum absolute atomic E-state index is 0.0134. The Morgan fingerprint density at radius 2 is 1.09 bits per heavy atom. The van der Waals surface area contributed by atoms with Crippen molar-refractivity contribution in [3.63, 3.8) is 0 Å². The van der Waals surface area contributed by atoms with Gasteiger partial charge in [0.1, 0.15) is 0 Å². The zero-order valence-corrected chi connectivity index (χ0v) is 38.4. The lowest BCUT2D eigenvalue weighted by Gasteiger charge is -2.14. The summed E-state index contributed by atoms with van der Waals surface area (Å²) in [5.74, 6) is 0. The Hall–Kier alpha value is -7.08. The number of aliphatic hydroxyl groups excluding tert-OH is 2. The van der Waals surface area contributed by atoms with Crippen molar-refractivity contribution in [3.05, 3.63) is 194 Å². The quantitative estimate of drug-likeness (QED) is 0.104. The van der Waals surface area contributed by atoms with Crippen molar-refractivity contribution in [1.82, 2.24) is 38.2 Å². The summed E-state index contributed by atoms with van der Waals surface area (Å²) in [6, 6.07) is 35.1. The highest BCUT2D eigenvalue weighted by atomic mass is 79.9. The zero-order valence-electron chi connectivity index (χ0n) is 36.8. The predicted molar refractivity (Wildman–Crippen MR) is 267 cm³/mol. The van der Waals surface area contributed by atoms with E-state index in [1.165, 1.54) is 0 Å². The first-order valence-electron chi connectivity index (χ1n) is 22.5. The van der Waals surface area contributed by atoms with Crippen LogP contribution in [0.25, 0.3) is 54.7 Å². The molecule has 2 aliphatic rings. The molecular weight excluding hydrogens is 923 g/mol. The summed E-state index contributed by atoms with van der Waals surface area (Å²) in [4.78, 5) is 44.3. The molecule has 0 unspecified atom stereocenters. The molecule has 6 aromatic heterocycles. The normalized spacial score (nSPS) is 13.4. The van der Waals surface area contributed by atoms with Gasteiger partial charge in [-0.1, -0.05) is 91.0 Å². The van der Waals surface area contributed by atoms with E-state index in [1.807, 2.05) is 94.3 Å². The number of hydrogen-bond acceptors (Lipinski definition) is 10. The van der Waals surface area contributed by atoms with Crippen LogP contribution < -0.4 is 16.8 Å². The van der Waals surface area contributed by atoms with E-state index < -0.39 is 7.12 Å². The number of aromatic nitrogens is 8. The first-order chi connectivity index (χ1) is 33.2. The molecule has 2 fully saturated rings. The summed E-state index contributed by atoms with van der Waals surface area (Å²) in [5.41, 5.74) is 9.13. The van der Waals surface area contributed by atoms with Gasteiger partial charge in [-0.2, -0.15) is 0 Å². The van der Waals surface area contributed by atoms with Crippen molar-refractivity contribution in [3.8, 4) is 11.1 Å². The van der Waals surface area contributed by atoms with Crippen molar-refractivity contribution in [1.29, 1.82) is 0 Å². The second-order valence-corrected chi connectivity index (χ2v) is 17.9. The summed E-state index contributed by atoms with van der Waals surface area (Å²) in [7, 11) is -1.46. The standard InChI is InChI=1S/C26H22N4O2.C19H15BrN4O.C7H9BO3/c31-16-17-4-3-6-18(12-17)25-21-7-2-1-5-19(21)13-28-22(25)15-29-24-14-27-11-10-23(24)30(26(29)32)20-8-9-20;20-18-14-4-2-1-3-12(14)9-22-15(18)11-23-17-10-21-8-7-16(17)24(19(23)25)13-5-6-13;9-5-6-2-1-3-7(4-6)8(10)11/h1-7,10-14,20,31H,8-9,15-16H2;1-4,7-10,13H,5-6,11H2;1-4,9-11H,5H2. The van der Waals surface area contributed by atoms with Gasteiger partial charge in [0.25, 0.3) is 0 Å². The fourth-order valence-electron chi connectivity index (χ4n) is 8.83. The monoisotopic (exact) mass is 968 g/mol. The van der Waals surface area contributed by atoms with Crippen molar-refractivity contribution < 1.29 is 20.3 Å². The molecule has 12 rings (SSSR count). The molecule has 2 saturated carbocycles. The van der Waals surface area contributed by atoms with Crippen LogP contribution in [0.2, 0.25) is 0 Å². The Morgan fingerprint density at radius 3 is 1.66 bits per heavy atom. The third kappa shape index (κ3) is 8.91. The molecule has 340 valence electrons. The Balaban J connectivity index is 0.000000133. The summed E-state index contributed by atoms with van der Waals surface area (Å²) in [6.07, 6.45) is 15.0. The van der Waals surface area contributed by atoms with Gasteiger partial charge in [-0.3, -0.25) is 38.2 Å². The van der Waals surface area contributed by atoms with Gasteiger partial charge in [-0.05, 0) is 92.7 Å². The van der Waals surface area contributed by atoms with Gasteiger partial charge < -0.3 is 20.3 Å². The van der Waals surface area contributed by atoms with Gasteiger partial charge in [-0.15, -0.1) is 0 Å². The minimum atomic E-state index is -1.46. The van der Waals surface area contributed by atoms with Crippen LogP contribution in [0.5, 0.6) is 0 Å². The molecule has 68 heavy (non-hydrogen) atoms. The van der Waals surface area contributed by atoms with E-state index in [0.717, 1.165) is 102 Å². The van der Waals surface area contributed by atoms with Crippen LogP contribution in [0.4, 0.5) is 0 Å². The molecule has 0 radical (unpaired) electrons. The number of halogens is 1. The highest BCUT2D eigenvalue weighted by Gasteiger charge is 2.30. The van der Waals surface area contributed by atoms with Gasteiger partial charge in [0.2, 0.25) is 0 Å².